The van der Waals surface area contributed by atoms with Crippen molar-refractivity contribution in [3.05, 3.63) is 23.8 Å². The highest BCUT2D eigenvalue weighted by atomic mass is 32.1. The van der Waals surface area contributed by atoms with Crippen molar-refractivity contribution in [2.45, 2.75) is 19.8 Å². The van der Waals surface area contributed by atoms with Gasteiger partial charge in [0.15, 0.2) is 16.6 Å². The van der Waals surface area contributed by atoms with Crippen molar-refractivity contribution in [3.8, 4) is 11.5 Å². The molecule has 0 heterocycles. The molecule has 1 saturated carbocycles. The maximum Gasteiger partial charge on any atom is 0.314 e. The molecule has 1 aromatic rings. The van der Waals surface area contributed by atoms with E-state index in [1.54, 1.807) is 24.4 Å². The van der Waals surface area contributed by atoms with Gasteiger partial charge in [-0.2, -0.15) is 5.10 Å². The minimum absolute atomic E-state index is 0.0437. The fraction of sp³-hybridized carbons (Fsp3) is 0.400. The van der Waals surface area contributed by atoms with Gasteiger partial charge in [0, 0.05) is 6.54 Å². The summed E-state index contributed by atoms with van der Waals surface area (Å²) in [5.74, 6) is 0.763. The van der Waals surface area contributed by atoms with E-state index in [1.807, 2.05) is 6.92 Å². The molecule has 1 fully saturated rings. The van der Waals surface area contributed by atoms with Gasteiger partial charge < -0.3 is 14.8 Å². The molecule has 0 unspecified atom stereocenters. The van der Waals surface area contributed by atoms with Gasteiger partial charge in [0.25, 0.3) is 0 Å². The van der Waals surface area contributed by atoms with E-state index in [1.165, 1.54) is 7.11 Å². The van der Waals surface area contributed by atoms with Crippen LogP contribution in [-0.2, 0) is 4.79 Å². The van der Waals surface area contributed by atoms with Crippen molar-refractivity contribution in [2.24, 2.45) is 11.0 Å². The number of methoxy groups -OCH3 is 1. The van der Waals surface area contributed by atoms with Crippen molar-refractivity contribution in [1.82, 2.24) is 10.7 Å². The smallest absolute Gasteiger partial charge is 0.314 e. The van der Waals surface area contributed by atoms with Crippen LogP contribution in [0.5, 0.6) is 11.5 Å². The van der Waals surface area contributed by atoms with Gasteiger partial charge in [-0.1, -0.05) is 0 Å². The minimum atomic E-state index is -0.197. The molecule has 0 bridgehead atoms. The number of carbonyl (C=O) groups is 1. The molecule has 1 aliphatic carbocycles. The first-order valence-electron chi connectivity index (χ1n) is 7.10. The van der Waals surface area contributed by atoms with Gasteiger partial charge in [0.05, 0.1) is 19.2 Å². The Kier molecular flexibility index (Phi) is 5.71. The summed E-state index contributed by atoms with van der Waals surface area (Å²) < 4.78 is 10.6. The van der Waals surface area contributed by atoms with Crippen LogP contribution in [0.4, 0.5) is 0 Å². The highest BCUT2D eigenvalue weighted by Crippen LogP contribution is 2.34. The molecule has 0 aromatic heterocycles. The molecule has 1 aliphatic rings. The predicted molar refractivity (Wildman–Crippen MR) is 88.4 cm³/mol. The highest BCUT2D eigenvalue weighted by Gasteiger charge is 2.32. The standard InChI is InChI=1S/C15H19N3O3S/c1-3-16-15(22)18-17-9-10-4-7-12(13(8-10)20-2)21-14(19)11-5-6-11/h4,7-9,11H,3,5-6H2,1-2H3,(H2,16,18,22)/b17-9-. The molecular weight excluding hydrogens is 302 g/mol. The summed E-state index contributed by atoms with van der Waals surface area (Å²) in [4.78, 5) is 11.7. The Morgan fingerprint density at radius 1 is 1.45 bits per heavy atom. The second kappa shape index (κ2) is 7.74. The topological polar surface area (TPSA) is 72.0 Å². The molecule has 2 rings (SSSR count). The van der Waals surface area contributed by atoms with E-state index in [4.69, 9.17) is 21.7 Å². The number of rotatable bonds is 6. The molecule has 0 aliphatic heterocycles. The zero-order chi connectivity index (χ0) is 15.9. The maximum atomic E-state index is 11.7. The molecule has 118 valence electrons. The largest absolute Gasteiger partial charge is 0.493 e. The number of esters is 1. The molecule has 0 atom stereocenters. The van der Waals surface area contributed by atoms with Crippen LogP contribution in [-0.4, -0.2) is 31.0 Å². The Bertz CT molecular complexity index is 585. The molecule has 0 radical (unpaired) electrons. The second-order valence-electron chi connectivity index (χ2n) is 4.84. The van der Waals surface area contributed by atoms with Crippen molar-refractivity contribution in [3.63, 3.8) is 0 Å². The van der Waals surface area contributed by atoms with Gasteiger partial charge in [0.2, 0.25) is 0 Å². The Labute approximate surface area is 134 Å². The Hall–Kier alpha value is -2.15. The number of benzene rings is 1. The summed E-state index contributed by atoms with van der Waals surface area (Å²) in [6.07, 6.45) is 3.42. The first kappa shape index (κ1) is 16.2. The van der Waals surface area contributed by atoms with Crippen LogP contribution >= 0.6 is 12.2 Å². The van der Waals surface area contributed by atoms with Crippen molar-refractivity contribution < 1.29 is 14.3 Å². The molecule has 1 aromatic carbocycles. The molecule has 0 spiro atoms. The summed E-state index contributed by atoms with van der Waals surface area (Å²) in [5.41, 5.74) is 3.50. The molecular formula is C15H19N3O3S. The van der Waals surface area contributed by atoms with E-state index in [-0.39, 0.29) is 11.9 Å². The predicted octanol–water partition coefficient (Wildman–Crippen LogP) is 1.83. The third-order valence-electron chi connectivity index (χ3n) is 3.03. The van der Waals surface area contributed by atoms with Crippen LogP contribution in [0.1, 0.15) is 25.3 Å². The molecule has 0 saturated heterocycles. The quantitative estimate of drug-likeness (QED) is 0.274. The summed E-state index contributed by atoms with van der Waals surface area (Å²) in [6.45, 7) is 2.68. The summed E-state index contributed by atoms with van der Waals surface area (Å²) in [6, 6.07) is 5.24. The number of carbonyl (C=O) groups excluding carboxylic acids is 1. The van der Waals surface area contributed by atoms with E-state index in [9.17, 15) is 4.79 Å². The number of thiocarbonyl (C=S) groups is 1. The van der Waals surface area contributed by atoms with Crippen LogP contribution in [0.15, 0.2) is 23.3 Å². The molecule has 2 N–H and O–H groups in total. The van der Waals surface area contributed by atoms with Crippen molar-refractivity contribution in [2.75, 3.05) is 13.7 Å². The number of hydrogen-bond donors (Lipinski definition) is 2. The van der Waals surface area contributed by atoms with Gasteiger partial charge in [-0.15, -0.1) is 0 Å². The lowest BCUT2D eigenvalue weighted by Crippen LogP contribution is -2.31. The molecule has 0 amide bonds. The van der Waals surface area contributed by atoms with Gasteiger partial charge in [-0.3, -0.25) is 10.2 Å². The van der Waals surface area contributed by atoms with Crippen molar-refractivity contribution in [1.29, 1.82) is 0 Å². The van der Waals surface area contributed by atoms with Crippen molar-refractivity contribution >= 4 is 29.5 Å². The van der Waals surface area contributed by atoms with Crippen LogP contribution in [0.3, 0.4) is 0 Å². The fourth-order valence-corrected chi connectivity index (χ4v) is 1.92. The number of hydrogen-bond acceptors (Lipinski definition) is 5. The third-order valence-corrected chi connectivity index (χ3v) is 3.26. The van der Waals surface area contributed by atoms with Crippen LogP contribution in [0.25, 0.3) is 0 Å². The van der Waals surface area contributed by atoms with E-state index in [0.29, 0.717) is 16.6 Å². The van der Waals surface area contributed by atoms with Crippen LogP contribution in [0, 0.1) is 5.92 Å². The fourth-order valence-electron chi connectivity index (χ4n) is 1.73. The van der Waals surface area contributed by atoms with E-state index >= 15 is 0 Å². The van der Waals surface area contributed by atoms with E-state index in [2.05, 4.69) is 15.8 Å². The van der Waals surface area contributed by atoms with Gasteiger partial charge in [0.1, 0.15) is 0 Å². The minimum Gasteiger partial charge on any atom is -0.493 e. The third kappa shape index (κ3) is 4.70. The zero-order valence-electron chi connectivity index (χ0n) is 12.6. The zero-order valence-corrected chi connectivity index (χ0v) is 13.4. The monoisotopic (exact) mass is 321 g/mol. The lowest BCUT2D eigenvalue weighted by molar-refractivity contribution is -0.135. The van der Waals surface area contributed by atoms with Gasteiger partial charge >= 0.3 is 5.97 Å². The highest BCUT2D eigenvalue weighted by molar-refractivity contribution is 7.80. The summed E-state index contributed by atoms with van der Waals surface area (Å²) in [5, 5.41) is 7.41. The Morgan fingerprint density at radius 3 is 2.86 bits per heavy atom. The van der Waals surface area contributed by atoms with Crippen LogP contribution < -0.4 is 20.2 Å². The normalized spacial score (nSPS) is 13.7. The average Bonchev–Trinajstić information content (AvgIpc) is 3.33. The van der Waals surface area contributed by atoms with E-state index < -0.39 is 0 Å². The SMILES string of the molecule is CCNC(=S)N/N=C\c1ccc(OC(=O)C2CC2)c(OC)c1. The van der Waals surface area contributed by atoms with Gasteiger partial charge in [-0.05, 0) is 55.7 Å². The first-order valence-corrected chi connectivity index (χ1v) is 7.51. The Balaban J connectivity index is 1.99. The number of nitrogens with zero attached hydrogens (tertiary/aromatic N) is 1. The molecule has 7 heteroatoms. The Morgan fingerprint density at radius 2 is 2.23 bits per heavy atom. The lowest BCUT2D eigenvalue weighted by atomic mass is 10.2. The molecule has 22 heavy (non-hydrogen) atoms. The first-order chi connectivity index (χ1) is 10.6. The number of nitrogens with one attached hydrogen (secondary N) is 2. The average molecular weight is 321 g/mol. The second-order valence-corrected chi connectivity index (χ2v) is 5.24. The molecule has 6 nitrogen and oxygen atoms in total. The van der Waals surface area contributed by atoms with Crippen LogP contribution in [0.2, 0.25) is 0 Å². The summed E-state index contributed by atoms with van der Waals surface area (Å²) >= 11 is 5.00. The maximum absolute atomic E-state index is 11.7. The van der Waals surface area contributed by atoms with E-state index in [0.717, 1.165) is 24.9 Å². The lowest BCUT2D eigenvalue weighted by Gasteiger charge is -2.09. The number of hydrazone groups is 1. The van der Waals surface area contributed by atoms with Gasteiger partial charge in [-0.25, -0.2) is 0 Å². The number of ether oxygens (including phenoxy) is 2. The summed E-state index contributed by atoms with van der Waals surface area (Å²) in [7, 11) is 1.53.